The second-order valence-electron chi connectivity index (χ2n) is 6.08. The van der Waals surface area contributed by atoms with Gasteiger partial charge in [-0.15, -0.1) is 11.3 Å². The summed E-state index contributed by atoms with van der Waals surface area (Å²) >= 11 is 1.72. The summed E-state index contributed by atoms with van der Waals surface area (Å²) in [5, 5.41) is 7.86. The SMILES string of the molecule is CCOCCCNC(=NCc1ccc(OC)cc1)NCc1nc(C)sc1C. The largest absolute Gasteiger partial charge is 0.497 e. The van der Waals surface area contributed by atoms with Gasteiger partial charge in [-0.25, -0.2) is 9.98 Å². The lowest BCUT2D eigenvalue weighted by Crippen LogP contribution is -2.38. The molecule has 0 bridgehead atoms. The highest BCUT2D eigenvalue weighted by atomic mass is 32.1. The second kappa shape index (κ2) is 11.6. The Kier molecular flexibility index (Phi) is 9.07. The minimum absolute atomic E-state index is 0.597. The zero-order valence-corrected chi connectivity index (χ0v) is 17.5. The number of hydrogen-bond acceptors (Lipinski definition) is 5. The van der Waals surface area contributed by atoms with E-state index in [-0.39, 0.29) is 0 Å². The van der Waals surface area contributed by atoms with Gasteiger partial charge in [-0.05, 0) is 44.9 Å². The fourth-order valence-corrected chi connectivity index (χ4v) is 3.34. The molecule has 0 saturated carbocycles. The molecule has 0 saturated heterocycles. The van der Waals surface area contributed by atoms with Crippen LogP contribution in [0.25, 0.3) is 0 Å². The van der Waals surface area contributed by atoms with Gasteiger partial charge in [0, 0.05) is 24.6 Å². The van der Waals surface area contributed by atoms with E-state index in [0.717, 1.165) is 54.2 Å². The van der Waals surface area contributed by atoms with Crippen LogP contribution in [0.15, 0.2) is 29.3 Å². The minimum atomic E-state index is 0.597. The third kappa shape index (κ3) is 7.56. The van der Waals surface area contributed by atoms with Gasteiger partial charge in [-0.1, -0.05) is 12.1 Å². The van der Waals surface area contributed by atoms with E-state index in [1.165, 1.54) is 4.88 Å². The summed E-state index contributed by atoms with van der Waals surface area (Å²) in [5.41, 5.74) is 2.21. The lowest BCUT2D eigenvalue weighted by Gasteiger charge is -2.12. The van der Waals surface area contributed by atoms with Crippen molar-refractivity contribution in [1.29, 1.82) is 0 Å². The first-order valence-electron chi connectivity index (χ1n) is 9.28. The molecule has 0 spiro atoms. The minimum Gasteiger partial charge on any atom is -0.497 e. The Labute approximate surface area is 166 Å². The first-order chi connectivity index (χ1) is 13.1. The molecule has 0 radical (unpaired) electrons. The normalized spacial score (nSPS) is 11.5. The van der Waals surface area contributed by atoms with Crippen molar-refractivity contribution in [2.75, 3.05) is 26.9 Å². The number of methoxy groups -OCH3 is 1. The summed E-state index contributed by atoms with van der Waals surface area (Å²) in [4.78, 5) is 10.5. The number of benzene rings is 1. The molecule has 0 atom stereocenters. The Morgan fingerprint density at radius 1 is 1.19 bits per heavy atom. The number of aliphatic imine (C=N–C) groups is 1. The van der Waals surface area contributed by atoms with Crippen molar-refractivity contribution in [1.82, 2.24) is 15.6 Å². The summed E-state index contributed by atoms with van der Waals surface area (Å²) in [6.07, 6.45) is 0.936. The maximum Gasteiger partial charge on any atom is 0.191 e. The Morgan fingerprint density at radius 3 is 2.59 bits per heavy atom. The fourth-order valence-electron chi connectivity index (χ4n) is 2.50. The van der Waals surface area contributed by atoms with Crippen molar-refractivity contribution >= 4 is 17.3 Å². The van der Waals surface area contributed by atoms with Gasteiger partial charge in [-0.2, -0.15) is 0 Å². The van der Waals surface area contributed by atoms with Crippen molar-refractivity contribution in [2.45, 2.75) is 40.3 Å². The molecule has 1 aromatic carbocycles. The van der Waals surface area contributed by atoms with Crippen LogP contribution < -0.4 is 15.4 Å². The third-order valence-corrected chi connectivity index (χ3v) is 4.89. The lowest BCUT2D eigenvalue weighted by atomic mass is 10.2. The van der Waals surface area contributed by atoms with Crippen LogP contribution in [-0.4, -0.2) is 37.8 Å². The van der Waals surface area contributed by atoms with Crippen molar-refractivity contribution in [3.05, 3.63) is 45.4 Å². The van der Waals surface area contributed by atoms with Gasteiger partial charge in [-0.3, -0.25) is 0 Å². The van der Waals surface area contributed by atoms with Gasteiger partial charge >= 0.3 is 0 Å². The average Bonchev–Trinajstić information content (AvgIpc) is 3.00. The lowest BCUT2D eigenvalue weighted by molar-refractivity contribution is 0.145. The monoisotopic (exact) mass is 390 g/mol. The van der Waals surface area contributed by atoms with Crippen molar-refractivity contribution in [3.63, 3.8) is 0 Å². The van der Waals surface area contributed by atoms with E-state index in [1.54, 1.807) is 18.4 Å². The summed E-state index contributed by atoms with van der Waals surface area (Å²) in [5.74, 6) is 1.64. The van der Waals surface area contributed by atoms with Crippen molar-refractivity contribution < 1.29 is 9.47 Å². The Balaban J connectivity index is 1.95. The summed E-state index contributed by atoms with van der Waals surface area (Å²) in [6, 6.07) is 7.97. The molecule has 2 aromatic rings. The molecule has 7 heteroatoms. The van der Waals surface area contributed by atoms with E-state index < -0.39 is 0 Å². The topological polar surface area (TPSA) is 67.8 Å². The molecule has 0 fully saturated rings. The molecule has 2 N–H and O–H groups in total. The predicted octanol–water partition coefficient (Wildman–Crippen LogP) is 3.43. The van der Waals surface area contributed by atoms with Crippen LogP contribution in [-0.2, 0) is 17.8 Å². The molecule has 27 heavy (non-hydrogen) atoms. The quantitative estimate of drug-likeness (QED) is 0.370. The van der Waals surface area contributed by atoms with Crippen LogP contribution in [0.1, 0.15) is 34.5 Å². The van der Waals surface area contributed by atoms with Crippen LogP contribution in [0, 0.1) is 13.8 Å². The highest BCUT2D eigenvalue weighted by molar-refractivity contribution is 7.11. The summed E-state index contributed by atoms with van der Waals surface area (Å²) in [6.45, 7) is 9.71. The van der Waals surface area contributed by atoms with Gasteiger partial charge in [0.1, 0.15) is 5.75 Å². The molecule has 0 aliphatic heterocycles. The number of rotatable bonds is 10. The average molecular weight is 391 g/mol. The molecule has 1 aromatic heterocycles. The van der Waals surface area contributed by atoms with E-state index in [1.807, 2.05) is 38.1 Å². The molecule has 1 heterocycles. The van der Waals surface area contributed by atoms with E-state index in [4.69, 9.17) is 14.5 Å². The number of guanidine groups is 1. The first-order valence-corrected chi connectivity index (χ1v) is 10.1. The van der Waals surface area contributed by atoms with Gasteiger partial charge in [0.2, 0.25) is 0 Å². The van der Waals surface area contributed by atoms with Gasteiger partial charge < -0.3 is 20.1 Å². The molecular formula is C20H30N4O2S. The van der Waals surface area contributed by atoms with Crippen molar-refractivity contribution in [3.8, 4) is 5.75 Å². The molecular weight excluding hydrogens is 360 g/mol. The van der Waals surface area contributed by atoms with Crippen molar-refractivity contribution in [2.24, 2.45) is 4.99 Å². The number of aromatic nitrogens is 1. The fraction of sp³-hybridized carbons (Fsp3) is 0.500. The second-order valence-corrected chi connectivity index (χ2v) is 7.49. The van der Waals surface area contributed by atoms with Gasteiger partial charge in [0.15, 0.2) is 5.96 Å². The Bertz CT molecular complexity index is 713. The maximum absolute atomic E-state index is 5.39. The molecule has 6 nitrogen and oxygen atoms in total. The third-order valence-electron chi connectivity index (χ3n) is 3.96. The number of thiazole rings is 1. The zero-order chi connectivity index (χ0) is 19.5. The highest BCUT2D eigenvalue weighted by Gasteiger charge is 2.06. The van der Waals surface area contributed by atoms with Crippen LogP contribution >= 0.6 is 11.3 Å². The number of nitrogens with one attached hydrogen (secondary N) is 2. The summed E-state index contributed by atoms with van der Waals surface area (Å²) in [7, 11) is 1.67. The van der Waals surface area contributed by atoms with E-state index in [9.17, 15) is 0 Å². The van der Waals surface area contributed by atoms with Crippen LogP contribution in [0.4, 0.5) is 0 Å². The van der Waals surface area contributed by atoms with Crippen LogP contribution in [0.5, 0.6) is 5.75 Å². The maximum atomic E-state index is 5.39. The van der Waals surface area contributed by atoms with E-state index in [0.29, 0.717) is 13.1 Å². The Hall–Kier alpha value is -2.12. The highest BCUT2D eigenvalue weighted by Crippen LogP contribution is 2.16. The number of aryl methyl sites for hydroxylation is 2. The molecule has 148 valence electrons. The zero-order valence-electron chi connectivity index (χ0n) is 16.7. The van der Waals surface area contributed by atoms with E-state index in [2.05, 4.69) is 22.5 Å². The van der Waals surface area contributed by atoms with Crippen LogP contribution in [0.3, 0.4) is 0 Å². The molecule has 2 rings (SSSR count). The van der Waals surface area contributed by atoms with Crippen LogP contribution in [0.2, 0.25) is 0 Å². The predicted molar refractivity (Wildman–Crippen MR) is 112 cm³/mol. The summed E-state index contributed by atoms with van der Waals surface area (Å²) < 4.78 is 10.6. The molecule has 0 amide bonds. The standard InChI is InChI=1S/C20H30N4O2S/c1-5-26-12-6-11-21-20(23-14-19-15(2)27-16(3)24-19)22-13-17-7-9-18(25-4)10-8-17/h7-10H,5-6,11-14H2,1-4H3,(H2,21,22,23). The Morgan fingerprint density at radius 2 is 1.96 bits per heavy atom. The van der Waals surface area contributed by atoms with Gasteiger partial charge in [0.05, 0.1) is 30.9 Å². The number of hydrogen-bond donors (Lipinski definition) is 2. The van der Waals surface area contributed by atoms with Gasteiger partial charge in [0.25, 0.3) is 0 Å². The van der Waals surface area contributed by atoms with E-state index >= 15 is 0 Å². The number of nitrogens with zero attached hydrogens (tertiary/aromatic N) is 2. The first kappa shape index (κ1) is 21.2. The molecule has 0 unspecified atom stereocenters. The number of ether oxygens (including phenoxy) is 2. The smallest absolute Gasteiger partial charge is 0.191 e. The molecule has 0 aliphatic rings. The molecule has 0 aliphatic carbocycles.